The molecular formula is C14H12NO3. The van der Waals surface area contributed by atoms with E-state index in [1.807, 2.05) is 12.1 Å². The van der Waals surface area contributed by atoms with Crippen LogP contribution in [0.15, 0.2) is 36.4 Å². The lowest BCUT2D eigenvalue weighted by atomic mass is 10.1. The van der Waals surface area contributed by atoms with E-state index in [4.69, 9.17) is 4.74 Å². The molecule has 2 rings (SSSR count). The highest BCUT2D eigenvalue weighted by molar-refractivity contribution is 5.50. The first-order valence-electron chi connectivity index (χ1n) is 5.47. The lowest BCUT2D eigenvalue weighted by Crippen LogP contribution is -1.95. The Morgan fingerprint density at radius 1 is 1.28 bits per heavy atom. The number of rotatable bonds is 3. The quantitative estimate of drug-likeness (QED) is 0.607. The van der Waals surface area contributed by atoms with Gasteiger partial charge in [-0.2, -0.15) is 0 Å². The lowest BCUT2D eigenvalue weighted by Gasteiger charge is -2.09. The fourth-order valence-corrected chi connectivity index (χ4v) is 1.65. The van der Waals surface area contributed by atoms with Crippen molar-refractivity contribution in [3.8, 4) is 11.5 Å². The van der Waals surface area contributed by atoms with E-state index in [2.05, 4.69) is 6.07 Å². The number of nitrogens with zero attached hydrogens (tertiary/aromatic N) is 1. The lowest BCUT2D eigenvalue weighted by molar-refractivity contribution is -0.385. The van der Waals surface area contributed by atoms with Crippen LogP contribution in [0.4, 0.5) is 5.69 Å². The van der Waals surface area contributed by atoms with Crippen LogP contribution in [0.25, 0.3) is 0 Å². The van der Waals surface area contributed by atoms with E-state index < -0.39 is 0 Å². The maximum atomic E-state index is 10.8. The highest BCUT2D eigenvalue weighted by Gasteiger charge is 2.14. The normalized spacial score (nSPS) is 10.1. The van der Waals surface area contributed by atoms with Crippen molar-refractivity contribution < 1.29 is 9.66 Å². The van der Waals surface area contributed by atoms with E-state index in [1.54, 1.807) is 32.0 Å². The van der Waals surface area contributed by atoms with Gasteiger partial charge in [0.15, 0.2) is 0 Å². The molecule has 0 saturated heterocycles. The van der Waals surface area contributed by atoms with Crippen LogP contribution in [-0.4, -0.2) is 4.92 Å². The monoisotopic (exact) mass is 242 g/mol. The molecule has 0 atom stereocenters. The van der Waals surface area contributed by atoms with E-state index in [0.717, 1.165) is 5.56 Å². The summed E-state index contributed by atoms with van der Waals surface area (Å²) in [6.45, 7) is 3.48. The molecule has 91 valence electrons. The van der Waals surface area contributed by atoms with Crippen molar-refractivity contribution in [1.82, 2.24) is 0 Å². The fraction of sp³-hybridized carbons (Fsp3) is 0.143. The van der Waals surface area contributed by atoms with E-state index >= 15 is 0 Å². The van der Waals surface area contributed by atoms with Gasteiger partial charge in [-0.15, -0.1) is 0 Å². The van der Waals surface area contributed by atoms with Crippen molar-refractivity contribution in [2.45, 2.75) is 13.8 Å². The summed E-state index contributed by atoms with van der Waals surface area (Å²) in [5.74, 6) is 1.28. The molecule has 0 spiro atoms. The van der Waals surface area contributed by atoms with Gasteiger partial charge in [0, 0.05) is 11.6 Å². The minimum atomic E-state index is -0.386. The van der Waals surface area contributed by atoms with Gasteiger partial charge >= 0.3 is 0 Å². The molecular weight excluding hydrogens is 230 g/mol. The maximum Gasteiger partial charge on any atom is 0.272 e. The van der Waals surface area contributed by atoms with Crippen LogP contribution in [0.3, 0.4) is 0 Å². The van der Waals surface area contributed by atoms with E-state index in [-0.39, 0.29) is 10.6 Å². The molecule has 0 aliphatic carbocycles. The number of aryl methyl sites for hydroxylation is 2. The van der Waals surface area contributed by atoms with Crippen LogP contribution < -0.4 is 4.74 Å². The standard InChI is InChI=1S/C14H12NO3/c1-10-9-14(11(2)8-13(10)15(16)17)18-12-6-4-3-5-7-12/h3-4,6-9H,1-2H3. The van der Waals surface area contributed by atoms with Gasteiger partial charge in [-0.3, -0.25) is 10.1 Å². The topological polar surface area (TPSA) is 52.4 Å². The minimum absolute atomic E-state index is 0.111. The van der Waals surface area contributed by atoms with Crippen LogP contribution in [0.2, 0.25) is 0 Å². The Hall–Kier alpha value is -2.36. The number of hydrogen-bond acceptors (Lipinski definition) is 3. The van der Waals surface area contributed by atoms with Crippen molar-refractivity contribution >= 4 is 5.69 Å². The Morgan fingerprint density at radius 2 is 2.06 bits per heavy atom. The number of ether oxygens (including phenoxy) is 1. The zero-order chi connectivity index (χ0) is 13.1. The molecule has 0 aliphatic rings. The first kappa shape index (κ1) is 12.1. The summed E-state index contributed by atoms with van der Waals surface area (Å²) in [6, 6.07) is 13.2. The SMILES string of the molecule is Cc1cc([N+](=O)[O-])c(C)cc1Oc1c[c]ccc1. The summed E-state index contributed by atoms with van der Waals surface area (Å²) in [4.78, 5) is 10.4. The van der Waals surface area contributed by atoms with Crippen molar-refractivity contribution in [3.63, 3.8) is 0 Å². The first-order valence-corrected chi connectivity index (χ1v) is 5.47. The molecule has 4 nitrogen and oxygen atoms in total. The van der Waals surface area contributed by atoms with Crippen LogP contribution in [-0.2, 0) is 0 Å². The second-order valence-electron chi connectivity index (χ2n) is 4.00. The predicted molar refractivity (Wildman–Crippen MR) is 67.9 cm³/mol. The summed E-state index contributed by atoms with van der Waals surface area (Å²) in [5.41, 5.74) is 1.43. The third-order valence-corrected chi connectivity index (χ3v) is 2.60. The molecule has 0 amide bonds. The third kappa shape index (κ3) is 2.48. The molecule has 0 N–H and O–H groups in total. The van der Waals surface area contributed by atoms with Gasteiger partial charge in [-0.25, -0.2) is 0 Å². The maximum absolute atomic E-state index is 10.8. The van der Waals surface area contributed by atoms with E-state index in [9.17, 15) is 10.1 Å². The van der Waals surface area contributed by atoms with Crippen molar-refractivity contribution in [1.29, 1.82) is 0 Å². The number of benzene rings is 2. The second-order valence-corrected chi connectivity index (χ2v) is 4.00. The molecule has 0 heterocycles. The Kier molecular flexibility index (Phi) is 3.28. The Bertz CT molecular complexity index is 579. The average molecular weight is 242 g/mol. The van der Waals surface area contributed by atoms with Gasteiger partial charge in [-0.05, 0) is 43.7 Å². The largest absolute Gasteiger partial charge is 0.457 e. The molecule has 0 unspecified atom stereocenters. The second kappa shape index (κ2) is 4.87. The van der Waals surface area contributed by atoms with Gasteiger partial charge in [-0.1, -0.05) is 12.1 Å². The van der Waals surface area contributed by atoms with E-state index in [1.165, 1.54) is 6.07 Å². The smallest absolute Gasteiger partial charge is 0.272 e. The van der Waals surface area contributed by atoms with Gasteiger partial charge in [0.05, 0.1) is 4.92 Å². The molecule has 2 aromatic rings. The summed E-state index contributed by atoms with van der Waals surface area (Å²) >= 11 is 0. The molecule has 2 aromatic carbocycles. The summed E-state index contributed by atoms with van der Waals surface area (Å²) in [6.07, 6.45) is 0. The van der Waals surface area contributed by atoms with Gasteiger partial charge in [0.2, 0.25) is 0 Å². The first-order chi connectivity index (χ1) is 8.58. The molecule has 0 fully saturated rings. The van der Waals surface area contributed by atoms with Crippen molar-refractivity contribution in [2.24, 2.45) is 0 Å². The molecule has 1 radical (unpaired) electrons. The highest BCUT2D eigenvalue weighted by Crippen LogP contribution is 2.30. The van der Waals surface area contributed by atoms with Gasteiger partial charge < -0.3 is 4.74 Å². The summed E-state index contributed by atoms with van der Waals surface area (Å²) in [5, 5.41) is 10.8. The Morgan fingerprint density at radius 3 is 2.67 bits per heavy atom. The van der Waals surface area contributed by atoms with Crippen LogP contribution in [0.5, 0.6) is 11.5 Å². The molecule has 0 saturated carbocycles. The molecule has 4 heteroatoms. The fourth-order valence-electron chi connectivity index (χ4n) is 1.65. The highest BCUT2D eigenvalue weighted by atomic mass is 16.6. The van der Waals surface area contributed by atoms with E-state index in [0.29, 0.717) is 17.1 Å². The summed E-state index contributed by atoms with van der Waals surface area (Å²) < 4.78 is 5.67. The van der Waals surface area contributed by atoms with Crippen LogP contribution in [0, 0.1) is 30.0 Å². The van der Waals surface area contributed by atoms with Crippen molar-refractivity contribution in [3.05, 3.63) is 63.7 Å². The molecule has 0 bridgehead atoms. The Labute approximate surface area is 105 Å². The zero-order valence-corrected chi connectivity index (χ0v) is 10.1. The number of hydrogen-bond donors (Lipinski definition) is 0. The van der Waals surface area contributed by atoms with Gasteiger partial charge in [0.25, 0.3) is 5.69 Å². The minimum Gasteiger partial charge on any atom is -0.457 e. The van der Waals surface area contributed by atoms with Gasteiger partial charge in [0.1, 0.15) is 11.5 Å². The predicted octanol–water partition coefficient (Wildman–Crippen LogP) is 3.80. The average Bonchev–Trinajstić information content (AvgIpc) is 2.34. The van der Waals surface area contributed by atoms with Crippen LogP contribution in [0.1, 0.15) is 11.1 Å². The zero-order valence-electron chi connectivity index (χ0n) is 10.1. The van der Waals surface area contributed by atoms with Crippen molar-refractivity contribution in [2.75, 3.05) is 0 Å². The molecule has 0 aromatic heterocycles. The van der Waals surface area contributed by atoms with Crippen LogP contribution >= 0.6 is 0 Å². The molecule has 0 aliphatic heterocycles. The molecule has 18 heavy (non-hydrogen) atoms. The summed E-state index contributed by atoms with van der Waals surface area (Å²) in [7, 11) is 0. The Balaban J connectivity index is 2.35. The third-order valence-electron chi connectivity index (χ3n) is 2.60. The number of nitro benzene ring substituents is 1. The number of nitro groups is 1.